The van der Waals surface area contributed by atoms with Crippen molar-refractivity contribution >= 4 is 23.6 Å². The first-order valence-corrected chi connectivity index (χ1v) is 6.64. The molecule has 0 aliphatic rings. The summed E-state index contributed by atoms with van der Waals surface area (Å²) >= 11 is 0. The van der Waals surface area contributed by atoms with Gasteiger partial charge in [-0.2, -0.15) is 0 Å². The Balaban J connectivity index is 1.87. The summed E-state index contributed by atoms with van der Waals surface area (Å²) in [5.41, 5.74) is 5.55. The molecule has 0 radical (unpaired) electrons. The maximum Gasteiger partial charge on any atom is 0.269 e. The molecule has 0 atom stereocenters. The van der Waals surface area contributed by atoms with Crippen molar-refractivity contribution in [1.82, 2.24) is 10.9 Å². The van der Waals surface area contributed by atoms with Crippen molar-refractivity contribution in [2.24, 2.45) is 0 Å². The van der Waals surface area contributed by atoms with E-state index in [4.69, 9.17) is 0 Å². The second kappa shape index (κ2) is 7.51. The maximum absolute atomic E-state index is 11.7. The second-order valence-electron chi connectivity index (χ2n) is 4.49. The number of hydrogen-bond acceptors (Lipinski definition) is 4. The van der Waals surface area contributed by atoms with Crippen LogP contribution in [0.15, 0.2) is 60.7 Å². The zero-order valence-electron chi connectivity index (χ0n) is 11.9. The Hall–Kier alpha value is -3.48. The van der Waals surface area contributed by atoms with E-state index in [0.29, 0.717) is 11.1 Å². The van der Waals surface area contributed by atoms with Crippen molar-refractivity contribution in [3.05, 3.63) is 81.9 Å². The van der Waals surface area contributed by atoms with Crippen molar-refractivity contribution in [3.8, 4) is 0 Å². The van der Waals surface area contributed by atoms with Crippen LogP contribution in [-0.2, 0) is 4.79 Å². The van der Waals surface area contributed by atoms with Gasteiger partial charge in [0.2, 0.25) is 0 Å². The Morgan fingerprint density at radius 1 is 0.957 bits per heavy atom. The monoisotopic (exact) mass is 311 g/mol. The summed E-state index contributed by atoms with van der Waals surface area (Å²) < 4.78 is 0. The number of hydrazine groups is 1. The van der Waals surface area contributed by atoms with Crippen LogP contribution < -0.4 is 10.9 Å². The minimum atomic E-state index is -0.521. The molecule has 2 rings (SSSR count). The first-order chi connectivity index (χ1) is 11.1. The molecule has 2 N–H and O–H groups in total. The number of carbonyl (C=O) groups excluding carboxylic acids is 2. The molecule has 0 saturated carbocycles. The summed E-state index contributed by atoms with van der Waals surface area (Å²) in [6.07, 6.45) is 2.69. The van der Waals surface area contributed by atoms with E-state index in [1.807, 2.05) is 0 Å². The van der Waals surface area contributed by atoms with E-state index < -0.39 is 16.7 Å². The fourth-order valence-corrected chi connectivity index (χ4v) is 1.70. The van der Waals surface area contributed by atoms with E-state index in [-0.39, 0.29) is 5.69 Å². The summed E-state index contributed by atoms with van der Waals surface area (Å²) in [4.78, 5) is 33.3. The van der Waals surface area contributed by atoms with Crippen LogP contribution in [0.4, 0.5) is 5.69 Å². The van der Waals surface area contributed by atoms with E-state index >= 15 is 0 Å². The minimum Gasteiger partial charge on any atom is -0.268 e. The van der Waals surface area contributed by atoms with Crippen molar-refractivity contribution in [3.63, 3.8) is 0 Å². The zero-order chi connectivity index (χ0) is 16.7. The van der Waals surface area contributed by atoms with Crippen LogP contribution in [0.2, 0.25) is 0 Å². The topological polar surface area (TPSA) is 101 Å². The molecule has 7 heteroatoms. The molecule has 23 heavy (non-hydrogen) atoms. The van der Waals surface area contributed by atoms with Gasteiger partial charge in [0.25, 0.3) is 17.5 Å². The number of non-ortho nitro benzene ring substituents is 1. The first kappa shape index (κ1) is 15.9. The molecule has 0 saturated heterocycles. The maximum atomic E-state index is 11.7. The molecule has 0 fully saturated rings. The van der Waals surface area contributed by atoms with Crippen molar-refractivity contribution in [1.29, 1.82) is 0 Å². The Morgan fingerprint density at radius 3 is 2.22 bits per heavy atom. The highest BCUT2D eigenvalue weighted by Crippen LogP contribution is 2.12. The lowest BCUT2D eigenvalue weighted by Crippen LogP contribution is -2.40. The molecular formula is C16H13N3O4. The average Bonchev–Trinajstić information content (AvgIpc) is 2.59. The van der Waals surface area contributed by atoms with Crippen LogP contribution >= 0.6 is 0 Å². The lowest BCUT2D eigenvalue weighted by atomic mass is 10.2. The Kier molecular flexibility index (Phi) is 5.19. The van der Waals surface area contributed by atoms with E-state index in [0.717, 1.165) is 0 Å². The summed E-state index contributed by atoms with van der Waals surface area (Å²) in [5.74, 6) is -0.949. The van der Waals surface area contributed by atoms with Gasteiger partial charge in [0.05, 0.1) is 4.92 Å². The fraction of sp³-hybridized carbons (Fsp3) is 0. The van der Waals surface area contributed by atoms with Crippen LogP contribution in [0.5, 0.6) is 0 Å². The predicted molar refractivity (Wildman–Crippen MR) is 84.2 cm³/mol. The third kappa shape index (κ3) is 4.78. The highest BCUT2D eigenvalue weighted by molar-refractivity contribution is 5.97. The number of carbonyl (C=O) groups is 2. The summed E-state index contributed by atoms with van der Waals surface area (Å²) in [6.45, 7) is 0. The summed E-state index contributed by atoms with van der Waals surface area (Å²) in [6, 6.07) is 14.2. The van der Waals surface area contributed by atoms with Crippen LogP contribution in [0, 0.1) is 10.1 Å². The molecular weight excluding hydrogens is 298 g/mol. The minimum absolute atomic E-state index is 0.0262. The molecule has 116 valence electrons. The highest BCUT2D eigenvalue weighted by Gasteiger charge is 2.05. The predicted octanol–water partition coefficient (Wildman–Crippen LogP) is 2.07. The van der Waals surface area contributed by atoms with Crippen molar-refractivity contribution in [2.45, 2.75) is 0 Å². The van der Waals surface area contributed by atoms with Gasteiger partial charge in [-0.1, -0.05) is 18.2 Å². The SMILES string of the molecule is O=C(C=Cc1ccc([N+](=O)[O-])cc1)NNC(=O)c1ccccc1. The fourth-order valence-electron chi connectivity index (χ4n) is 1.70. The molecule has 0 aliphatic carbocycles. The van der Waals surface area contributed by atoms with Gasteiger partial charge in [0.1, 0.15) is 0 Å². The number of nitrogens with zero attached hydrogens (tertiary/aromatic N) is 1. The number of hydrogen-bond donors (Lipinski definition) is 2. The molecule has 2 aromatic carbocycles. The molecule has 0 aliphatic heterocycles. The molecule has 2 amide bonds. The number of benzene rings is 2. The smallest absolute Gasteiger partial charge is 0.268 e. The number of nitro groups is 1. The zero-order valence-corrected chi connectivity index (χ0v) is 11.9. The van der Waals surface area contributed by atoms with Crippen molar-refractivity contribution < 1.29 is 14.5 Å². The van der Waals surface area contributed by atoms with Gasteiger partial charge in [-0.05, 0) is 35.9 Å². The average molecular weight is 311 g/mol. The van der Waals surface area contributed by atoms with Gasteiger partial charge in [0, 0.05) is 23.8 Å². The van der Waals surface area contributed by atoms with Gasteiger partial charge in [0.15, 0.2) is 0 Å². The highest BCUT2D eigenvalue weighted by atomic mass is 16.6. The second-order valence-corrected chi connectivity index (χ2v) is 4.49. The molecule has 7 nitrogen and oxygen atoms in total. The summed E-state index contributed by atoms with van der Waals surface area (Å²) in [5, 5.41) is 10.5. The van der Waals surface area contributed by atoms with Gasteiger partial charge < -0.3 is 0 Å². The lowest BCUT2D eigenvalue weighted by Gasteiger charge is -2.04. The number of nitrogens with one attached hydrogen (secondary N) is 2. The number of rotatable bonds is 4. The Morgan fingerprint density at radius 2 is 1.61 bits per heavy atom. The lowest BCUT2D eigenvalue weighted by molar-refractivity contribution is -0.384. The summed E-state index contributed by atoms with van der Waals surface area (Å²) in [7, 11) is 0. The first-order valence-electron chi connectivity index (χ1n) is 6.64. The van der Waals surface area contributed by atoms with Gasteiger partial charge >= 0.3 is 0 Å². The van der Waals surface area contributed by atoms with E-state index in [9.17, 15) is 19.7 Å². The van der Waals surface area contributed by atoms with Crippen LogP contribution in [0.1, 0.15) is 15.9 Å². The molecule has 0 heterocycles. The van der Waals surface area contributed by atoms with Gasteiger partial charge in [-0.3, -0.25) is 30.6 Å². The number of amides is 2. The van der Waals surface area contributed by atoms with E-state index in [2.05, 4.69) is 10.9 Å². The van der Waals surface area contributed by atoms with E-state index in [1.165, 1.54) is 36.4 Å². The molecule has 0 bridgehead atoms. The Bertz CT molecular complexity index is 740. The molecule has 0 aromatic heterocycles. The Labute approximate surface area is 131 Å². The van der Waals surface area contributed by atoms with E-state index in [1.54, 1.807) is 30.3 Å². The van der Waals surface area contributed by atoms with Crippen LogP contribution in [0.25, 0.3) is 6.08 Å². The molecule has 2 aromatic rings. The quantitative estimate of drug-likeness (QED) is 0.512. The molecule has 0 spiro atoms. The van der Waals surface area contributed by atoms with Crippen LogP contribution in [0.3, 0.4) is 0 Å². The molecule has 0 unspecified atom stereocenters. The van der Waals surface area contributed by atoms with Gasteiger partial charge in [-0.25, -0.2) is 0 Å². The van der Waals surface area contributed by atoms with Crippen LogP contribution in [-0.4, -0.2) is 16.7 Å². The third-order valence-electron chi connectivity index (χ3n) is 2.87. The van der Waals surface area contributed by atoms with Crippen molar-refractivity contribution in [2.75, 3.05) is 0 Å². The number of nitro benzene ring substituents is 1. The standard InChI is InChI=1S/C16H13N3O4/c20-15(17-18-16(21)13-4-2-1-3-5-13)11-8-12-6-9-14(10-7-12)19(22)23/h1-11H,(H,17,20)(H,18,21). The normalized spacial score (nSPS) is 10.3. The third-order valence-corrected chi connectivity index (χ3v) is 2.87. The largest absolute Gasteiger partial charge is 0.269 e. The van der Waals surface area contributed by atoms with Gasteiger partial charge in [-0.15, -0.1) is 0 Å².